The molecule has 0 amide bonds. The maximum absolute atomic E-state index is 11.9. The third-order valence-corrected chi connectivity index (χ3v) is 3.97. The predicted octanol–water partition coefficient (Wildman–Crippen LogP) is 1.69. The first kappa shape index (κ1) is 14.7. The molecule has 1 rings (SSSR count). The molecule has 0 bridgehead atoms. The highest BCUT2D eigenvalue weighted by atomic mass is 32.2. The molecule has 0 radical (unpaired) electrons. The highest BCUT2D eigenvalue weighted by molar-refractivity contribution is 7.89. The molecule has 1 aromatic rings. The van der Waals surface area contributed by atoms with E-state index in [4.69, 9.17) is 9.52 Å². The molecule has 0 aromatic carbocycles. The Balaban J connectivity index is 2.95. The topological polar surface area (TPSA) is 96.6 Å². The average Bonchev–Trinajstić information content (AvgIpc) is 2.75. The van der Waals surface area contributed by atoms with Crippen LogP contribution in [0.2, 0.25) is 0 Å². The lowest BCUT2D eigenvalue weighted by Crippen LogP contribution is -2.37. The largest absolute Gasteiger partial charge is 0.475 e. The zero-order chi connectivity index (χ0) is 13.9. The molecule has 18 heavy (non-hydrogen) atoms. The average molecular weight is 275 g/mol. The van der Waals surface area contributed by atoms with Gasteiger partial charge < -0.3 is 9.52 Å². The lowest BCUT2D eigenvalue weighted by atomic mass is 10.0. The fourth-order valence-corrected chi connectivity index (χ4v) is 2.93. The van der Waals surface area contributed by atoms with Crippen LogP contribution < -0.4 is 4.72 Å². The number of sulfonamides is 1. The Morgan fingerprint density at radius 2 is 2.06 bits per heavy atom. The number of carboxylic acid groups (broad SMARTS) is 1. The number of hydrogen-bond donors (Lipinski definition) is 2. The van der Waals surface area contributed by atoms with E-state index >= 15 is 0 Å². The lowest BCUT2D eigenvalue weighted by molar-refractivity contribution is 0.0656. The van der Waals surface area contributed by atoms with Gasteiger partial charge in [-0.05, 0) is 24.5 Å². The van der Waals surface area contributed by atoms with Crippen LogP contribution in [0.5, 0.6) is 0 Å². The summed E-state index contributed by atoms with van der Waals surface area (Å²) in [6.45, 7) is 5.68. The van der Waals surface area contributed by atoms with Crippen LogP contribution in [0.3, 0.4) is 0 Å². The van der Waals surface area contributed by atoms with Crippen LogP contribution in [0.25, 0.3) is 0 Å². The van der Waals surface area contributed by atoms with E-state index in [0.717, 1.165) is 12.1 Å². The molecule has 0 saturated carbocycles. The normalized spacial score (nSPS) is 13.8. The number of nitrogens with one attached hydrogen (secondary N) is 1. The van der Waals surface area contributed by atoms with E-state index in [1.807, 2.05) is 20.8 Å². The molecule has 0 aliphatic heterocycles. The highest BCUT2D eigenvalue weighted by Crippen LogP contribution is 2.16. The van der Waals surface area contributed by atoms with Crippen molar-refractivity contribution in [3.63, 3.8) is 0 Å². The first-order valence-corrected chi connectivity index (χ1v) is 7.11. The van der Waals surface area contributed by atoms with Gasteiger partial charge in [0.2, 0.25) is 10.9 Å². The lowest BCUT2D eigenvalue weighted by Gasteiger charge is -2.19. The van der Waals surface area contributed by atoms with Gasteiger partial charge in [-0.3, -0.25) is 0 Å². The van der Waals surface area contributed by atoms with Crippen molar-refractivity contribution < 1.29 is 22.7 Å². The number of hydrogen-bond acceptors (Lipinski definition) is 4. The minimum absolute atomic E-state index is 0.138. The molecule has 0 fully saturated rings. The molecule has 0 aliphatic rings. The minimum Gasteiger partial charge on any atom is -0.475 e. The van der Waals surface area contributed by atoms with E-state index < -0.39 is 21.8 Å². The second kappa shape index (κ2) is 5.53. The van der Waals surface area contributed by atoms with Gasteiger partial charge in [0.05, 0.1) is 0 Å². The standard InChI is InChI=1S/C11H17NO5S/c1-4-8(7(2)3)12-18(15,16)10-6-5-9(17-10)11(13)14/h5-8,12H,4H2,1-3H3,(H,13,14). The summed E-state index contributed by atoms with van der Waals surface area (Å²) in [6.07, 6.45) is 0.642. The summed E-state index contributed by atoms with van der Waals surface area (Å²) < 4.78 is 31.2. The van der Waals surface area contributed by atoms with Gasteiger partial charge in [-0.25, -0.2) is 17.9 Å². The smallest absolute Gasteiger partial charge is 0.371 e. The third-order valence-electron chi connectivity index (χ3n) is 2.61. The summed E-state index contributed by atoms with van der Waals surface area (Å²) in [5.41, 5.74) is 0. The first-order valence-electron chi connectivity index (χ1n) is 5.63. The first-order chi connectivity index (χ1) is 8.27. The van der Waals surface area contributed by atoms with E-state index in [-0.39, 0.29) is 17.1 Å². The molecule has 2 N–H and O–H groups in total. The van der Waals surface area contributed by atoms with Crippen molar-refractivity contribution in [2.45, 2.75) is 38.3 Å². The van der Waals surface area contributed by atoms with Gasteiger partial charge in [-0.15, -0.1) is 0 Å². The van der Waals surface area contributed by atoms with Gasteiger partial charge in [0.1, 0.15) is 0 Å². The summed E-state index contributed by atoms with van der Waals surface area (Å²) in [5.74, 6) is -1.56. The Hall–Kier alpha value is -1.34. The molecule has 1 atom stereocenters. The summed E-state index contributed by atoms with van der Waals surface area (Å²) >= 11 is 0. The number of furan rings is 1. The number of carbonyl (C=O) groups is 1. The predicted molar refractivity (Wildman–Crippen MR) is 64.9 cm³/mol. The van der Waals surface area contributed by atoms with Crippen molar-refractivity contribution in [1.29, 1.82) is 0 Å². The summed E-state index contributed by atoms with van der Waals surface area (Å²) in [5, 5.41) is 8.30. The van der Waals surface area contributed by atoms with Crippen LogP contribution in [0, 0.1) is 5.92 Å². The van der Waals surface area contributed by atoms with E-state index in [2.05, 4.69) is 4.72 Å². The molecule has 6 nitrogen and oxygen atoms in total. The summed E-state index contributed by atoms with van der Waals surface area (Å²) in [4.78, 5) is 10.6. The summed E-state index contributed by atoms with van der Waals surface area (Å²) in [7, 11) is -3.81. The zero-order valence-electron chi connectivity index (χ0n) is 10.5. The van der Waals surface area contributed by atoms with Gasteiger partial charge in [-0.2, -0.15) is 0 Å². The molecule has 0 aliphatic carbocycles. The van der Waals surface area contributed by atoms with E-state index in [1.165, 1.54) is 0 Å². The molecule has 0 saturated heterocycles. The Kier molecular flexibility index (Phi) is 4.53. The molecule has 1 unspecified atom stereocenters. The Labute approximate surface area is 106 Å². The van der Waals surface area contributed by atoms with Crippen molar-refractivity contribution in [2.24, 2.45) is 5.92 Å². The molecular weight excluding hydrogens is 258 g/mol. The molecule has 7 heteroatoms. The molecule has 1 aromatic heterocycles. The van der Waals surface area contributed by atoms with Crippen LogP contribution in [-0.2, 0) is 10.0 Å². The van der Waals surface area contributed by atoms with Crippen molar-refractivity contribution in [3.8, 4) is 0 Å². The maximum Gasteiger partial charge on any atom is 0.371 e. The molecule has 1 heterocycles. The van der Waals surface area contributed by atoms with Crippen LogP contribution in [0.15, 0.2) is 21.6 Å². The number of rotatable bonds is 6. The second-order valence-corrected chi connectivity index (χ2v) is 5.95. The zero-order valence-corrected chi connectivity index (χ0v) is 11.3. The highest BCUT2D eigenvalue weighted by Gasteiger charge is 2.25. The quantitative estimate of drug-likeness (QED) is 0.823. The maximum atomic E-state index is 11.9. The molecular formula is C11H17NO5S. The van der Waals surface area contributed by atoms with Crippen LogP contribution in [-0.4, -0.2) is 25.5 Å². The fraction of sp³-hybridized carbons (Fsp3) is 0.545. The minimum atomic E-state index is -3.81. The number of aromatic carboxylic acids is 1. The van der Waals surface area contributed by atoms with E-state index in [0.29, 0.717) is 6.42 Å². The SMILES string of the molecule is CCC(NS(=O)(=O)c1ccc(C(=O)O)o1)C(C)C. The van der Waals surface area contributed by atoms with Crippen LogP contribution in [0.1, 0.15) is 37.7 Å². The van der Waals surface area contributed by atoms with Gasteiger partial charge >= 0.3 is 5.97 Å². The van der Waals surface area contributed by atoms with Crippen LogP contribution >= 0.6 is 0 Å². The molecule has 0 spiro atoms. The van der Waals surface area contributed by atoms with Crippen molar-refractivity contribution in [2.75, 3.05) is 0 Å². The van der Waals surface area contributed by atoms with Gasteiger partial charge in [-0.1, -0.05) is 20.8 Å². The summed E-state index contributed by atoms with van der Waals surface area (Å²) in [6, 6.07) is 2.04. The monoisotopic (exact) mass is 275 g/mol. The van der Waals surface area contributed by atoms with Gasteiger partial charge in [0.25, 0.3) is 10.0 Å². The Morgan fingerprint density at radius 1 is 1.44 bits per heavy atom. The van der Waals surface area contributed by atoms with Crippen molar-refractivity contribution in [1.82, 2.24) is 4.72 Å². The molecule has 102 valence electrons. The number of carboxylic acids is 1. The Bertz CT molecular complexity index is 517. The van der Waals surface area contributed by atoms with Crippen molar-refractivity contribution >= 4 is 16.0 Å². The second-order valence-electron chi connectivity index (χ2n) is 4.30. The van der Waals surface area contributed by atoms with Gasteiger partial charge in [0, 0.05) is 6.04 Å². The van der Waals surface area contributed by atoms with Crippen LogP contribution in [0.4, 0.5) is 0 Å². The van der Waals surface area contributed by atoms with Gasteiger partial charge in [0.15, 0.2) is 0 Å². The third kappa shape index (κ3) is 3.33. The fourth-order valence-electron chi connectivity index (χ4n) is 1.53. The Morgan fingerprint density at radius 3 is 2.44 bits per heavy atom. The van der Waals surface area contributed by atoms with Crippen molar-refractivity contribution in [3.05, 3.63) is 17.9 Å². The van der Waals surface area contributed by atoms with E-state index in [1.54, 1.807) is 0 Å². The van der Waals surface area contributed by atoms with E-state index in [9.17, 15) is 13.2 Å².